The molecule has 0 bridgehead atoms. The predicted molar refractivity (Wildman–Crippen MR) is 161 cm³/mol. The van der Waals surface area contributed by atoms with E-state index in [0.29, 0.717) is 13.0 Å². The fourth-order valence-corrected chi connectivity index (χ4v) is 5.80. The lowest BCUT2D eigenvalue weighted by Gasteiger charge is -2.45. The predicted octanol–water partition coefficient (Wildman–Crippen LogP) is 5.85. The SMILES string of the molecule is CCCCN1C(=O)[C@H](Cc2ccccc2)NC(=O)[C@@H]1C1CCN(Cc2ccc(Oc3ccccc3)cc2)CC1.Cl. The molecule has 0 spiro atoms. The smallest absolute Gasteiger partial charge is 0.246 e. The molecule has 0 saturated carbocycles. The molecule has 3 aromatic carbocycles. The van der Waals surface area contributed by atoms with Crippen LogP contribution in [0.2, 0.25) is 0 Å². The summed E-state index contributed by atoms with van der Waals surface area (Å²) in [5.41, 5.74) is 2.31. The van der Waals surface area contributed by atoms with E-state index in [1.807, 2.05) is 77.7 Å². The van der Waals surface area contributed by atoms with Gasteiger partial charge in [-0.15, -0.1) is 12.4 Å². The number of amides is 2. The van der Waals surface area contributed by atoms with E-state index >= 15 is 0 Å². The quantitative estimate of drug-likeness (QED) is 0.337. The molecule has 40 heavy (non-hydrogen) atoms. The first kappa shape index (κ1) is 29.6. The number of halogens is 1. The standard InChI is InChI=1S/C33H39N3O3.ClH/c1-2-3-20-36-31(32(37)34-30(33(36)38)23-25-10-6-4-7-11-25)27-18-21-35(22-19-27)24-26-14-16-29(17-15-26)39-28-12-8-5-9-13-28;/h4-17,27,30-31H,2-3,18-24H2,1H3,(H,34,37);1H/t30-,31-;/m0./s1. The molecule has 2 fully saturated rings. The van der Waals surface area contributed by atoms with Gasteiger partial charge in [-0.3, -0.25) is 14.5 Å². The second kappa shape index (κ2) is 14.3. The van der Waals surface area contributed by atoms with Crippen LogP contribution < -0.4 is 10.1 Å². The van der Waals surface area contributed by atoms with E-state index in [-0.39, 0.29) is 36.2 Å². The molecule has 0 aromatic heterocycles. The Morgan fingerprint density at radius 2 is 1.45 bits per heavy atom. The van der Waals surface area contributed by atoms with Crippen molar-refractivity contribution in [3.8, 4) is 11.5 Å². The van der Waals surface area contributed by atoms with Crippen molar-refractivity contribution in [3.63, 3.8) is 0 Å². The summed E-state index contributed by atoms with van der Waals surface area (Å²) in [6.45, 7) is 5.48. The number of carbonyl (C=O) groups excluding carboxylic acids is 2. The van der Waals surface area contributed by atoms with Crippen LogP contribution in [0.5, 0.6) is 11.5 Å². The summed E-state index contributed by atoms with van der Waals surface area (Å²) in [6, 6.07) is 27.2. The second-order valence-corrected chi connectivity index (χ2v) is 10.8. The molecule has 212 valence electrons. The maximum atomic E-state index is 13.6. The van der Waals surface area contributed by atoms with Crippen molar-refractivity contribution in [3.05, 3.63) is 96.1 Å². The van der Waals surface area contributed by atoms with Gasteiger partial charge in [-0.1, -0.05) is 74.0 Å². The number of hydrogen-bond acceptors (Lipinski definition) is 4. The number of benzene rings is 3. The van der Waals surface area contributed by atoms with Gasteiger partial charge in [-0.25, -0.2) is 0 Å². The van der Waals surface area contributed by atoms with Gasteiger partial charge in [0, 0.05) is 19.5 Å². The molecule has 0 aliphatic carbocycles. The molecule has 2 atom stereocenters. The number of likely N-dealkylation sites (tertiary alicyclic amines) is 1. The first-order chi connectivity index (χ1) is 19.1. The van der Waals surface area contributed by atoms with Crippen molar-refractivity contribution in [2.24, 2.45) is 5.92 Å². The summed E-state index contributed by atoms with van der Waals surface area (Å²) in [5.74, 6) is 1.92. The number of hydrogen-bond donors (Lipinski definition) is 1. The van der Waals surface area contributed by atoms with Gasteiger partial charge in [0.25, 0.3) is 0 Å². The van der Waals surface area contributed by atoms with E-state index in [9.17, 15) is 9.59 Å². The number of ether oxygens (including phenoxy) is 1. The second-order valence-electron chi connectivity index (χ2n) is 10.8. The fourth-order valence-electron chi connectivity index (χ4n) is 5.80. The Kier molecular flexibility index (Phi) is 10.6. The van der Waals surface area contributed by atoms with Crippen LogP contribution in [0.1, 0.15) is 43.7 Å². The summed E-state index contributed by atoms with van der Waals surface area (Å²) >= 11 is 0. The maximum Gasteiger partial charge on any atom is 0.246 e. The average Bonchev–Trinajstić information content (AvgIpc) is 2.97. The molecule has 0 unspecified atom stereocenters. The fraction of sp³-hybridized carbons (Fsp3) is 0.394. The van der Waals surface area contributed by atoms with Crippen LogP contribution in [0.25, 0.3) is 0 Å². The van der Waals surface area contributed by atoms with E-state index < -0.39 is 6.04 Å². The van der Waals surface area contributed by atoms with Crippen molar-refractivity contribution >= 4 is 24.2 Å². The van der Waals surface area contributed by atoms with Gasteiger partial charge < -0.3 is 15.0 Å². The zero-order chi connectivity index (χ0) is 27.0. The van der Waals surface area contributed by atoms with Crippen molar-refractivity contribution < 1.29 is 14.3 Å². The van der Waals surface area contributed by atoms with E-state index in [1.165, 1.54) is 5.56 Å². The van der Waals surface area contributed by atoms with Crippen LogP contribution in [-0.2, 0) is 22.6 Å². The minimum Gasteiger partial charge on any atom is -0.457 e. The normalized spacial score (nSPS) is 20.1. The van der Waals surface area contributed by atoms with Crippen LogP contribution in [0.4, 0.5) is 0 Å². The third kappa shape index (κ3) is 7.43. The molecule has 5 rings (SSSR count). The molecule has 0 radical (unpaired) electrons. The number of para-hydroxylation sites is 1. The number of rotatable bonds is 10. The zero-order valence-corrected chi connectivity index (χ0v) is 24.0. The van der Waals surface area contributed by atoms with Crippen LogP contribution >= 0.6 is 12.4 Å². The van der Waals surface area contributed by atoms with Crippen LogP contribution in [0, 0.1) is 5.92 Å². The van der Waals surface area contributed by atoms with Crippen molar-refractivity contribution in [2.45, 2.75) is 57.7 Å². The highest BCUT2D eigenvalue weighted by Gasteiger charge is 2.44. The Morgan fingerprint density at radius 3 is 2.10 bits per heavy atom. The van der Waals surface area contributed by atoms with Gasteiger partial charge in [0.15, 0.2) is 0 Å². The first-order valence-electron chi connectivity index (χ1n) is 14.3. The minimum absolute atomic E-state index is 0. The molecule has 2 amide bonds. The van der Waals surface area contributed by atoms with E-state index in [1.54, 1.807) is 0 Å². The summed E-state index contributed by atoms with van der Waals surface area (Å²) in [5, 5.41) is 3.09. The number of nitrogens with zero attached hydrogens (tertiary/aromatic N) is 2. The first-order valence-corrected chi connectivity index (χ1v) is 14.3. The van der Waals surface area contributed by atoms with E-state index in [2.05, 4.69) is 29.3 Å². The topological polar surface area (TPSA) is 61.9 Å². The van der Waals surface area contributed by atoms with Crippen molar-refractivity contribution in [2.75, 3.05) is 19.6 Å². The number of unbranched alkanes of at least 4 members (excludes halogenated alkanes) is 1. The van der Waals surface area contributed by atoms with Gasteiger partial charge in [0.2, 0.25) is 11.8 Å². The lowest BCUT2D eigenvalue weighted by atomic mass is 9.85. The number of carbonyl (C=O) groups is 2. The molecule has 1 N–H and O–H groups in total. The van der Waals surface area contributed by atoms with E-state index in [0.717, 1.165) is 62.4 Å². The van der Waals surface area contributed by atoms with Crippen LogP contribution in [-0.4, -0.2) is 53.3 Å². The number of piperidine rings is 1. The van der Waals surface area contributed by atoms with Gasteiger partial charge in [0.05, 0.1) is 0 Å². The summed E-state index contributed by atoms with van der Waals surface area (Å²) in [4.78, 5) is 31.3. The Balaban J connectivity index is 0.00000370. The highest BCUT2D eigenvalue weighted by atomic mass is 35.5. The summed E-state index contributed by atoms with van der Waals surface area (Å²) < 4.78 is 5.92. The Bertz CT molecular complexity index is 1210. The molecule has 2 aliphatic rings. The molecule has 7 heteroatoms. The largest absolute Gasteiger partial charge is 0.457 e. The molecule has 3 aromatic rings. The van der Waals surface area contributed by atoms with Gasteiger partial charge in [0.1, 0.15) is 23.6 Å². The Morgan fingerprint density at radius 1 is 0.825 bits per heavy atom. The molecular weight excluding hydrogens is 522 g/mol. The highest BCUT2D eigenvalue weighted by Crippen LogP contribution is 2.29. The van der Waals surface area contributed by atoms with Crippen LogP contribution in [0.15, 0.2) is 84.9 Å². The summed E-state index contributed by atoms with van der Waals surface area (Å²) in [7, 11) is 0. The van der Waals surface area contributed by atoms with Crippen molar-refractivity contribution in [1.29, 1.82) is 0 Å². The van der Waals surface area contributed by atoms with E-state index in [4.69, 9.17) is 4.74 Å². The maximum absolute atomic E-state index is 13.6. The Hall–Kier alpha value is -3.35. The molecule has 2 saturated heterocycles. The average molecular weight is 562 g/mol. The third-order valence-corrected chi connectivity index (χ3v) is 7.92. The minimum atomic E-state index is -0.484. The molecular formula is C33H40ClN3O3. The number of nitrogens with one attached hydrogen (secondary N) is 1. The zero-order valence-electron chi connectivity index (χ0n) is 23.2. The lowest BCUT2D eigenvalue weighted by Crippen LogP contribution is -2.66. The monoisotopic (exact) mass is 561 g/mol. The highest BCUT2D eigenvalue weighted by molar-refractivity contribution is 5.97. The lowest BCUT2D eigenvalue weighted by molar-refractivity contribution is -0.152. The van der Waals surface area contributed by atoms with Crippen molar-refractivity contribution in [1.82, 2.24) is 15.1 Å². The molecule has 2 heterocycles. The van der Waals surface area contributed by atoms with Gasteiger partial charge in [-0.2, -0.15) is 0 Å². The van der Waals surface area contributed by atoms with Gasteiger partial charge >= 0.3 is 0 Å². The Labute approximate surface area is 244 Å². The molecule has 6 nitrogen and oxygen atoms in total. The van der Waals surface area contributed by atoms with Gasteiger partial charge in [-0.05, 0) is 73.7 Å². The third-order valence-electron chi connectivity index (χ3n) is 7.92. The summed E-state index contributed by atoms with van der Waals surface area (Å²) in [6.07, 6.45) is 4.26. The molecule has 2 aliphatic heterocycles. The van der Waals surface area contributed by atoms with Crippen LogP contribution in [0.3, 0.4) is 0 Å². The number of piperazine rings is 1.